The molecule has 1 atom stereocenters. The first-order chi connectivity index (χ1) is 8.72. The van der Waals surface area contributed by atoms with Crippen molar-refractivity contribution in [1.29, 1.82) is 0 Å². The minimum Gasteiger partial charge on any atom is -0.438 e. The molecule has 0 amide bonds. The number of benzene rings is 1. The molecule has 0 spiro atoms. The van der Waals surface area contributed by atoms with Gasteiger partial charge in [-0.05, 0) is 31.4 Å². The zero-order valence-corrected chi connectivity index (χ0v) is 11.3. The van der Waals surface area contributed by atoms with Crippen LogP contribution in [0.3, 0.4) is 0 Å². The second-order valence-electron chi connectivity index (χ2n) is 3.94. The Balaban J connectivity index is 2.34. The third-order valence-corrected chi connectivity index (χ3v) is 3.34. The zero-order valence-electron chi connectivity index (χ0n) is 10.5. The molecule has 2 aromatic rings. The lowest BCUT2D eigenvalue weighted by Crippen LogP contribution is -2.07. The maximum atomic E-state index is 5.91. The second-order valence-corrected chi connectivity index (χ2v) is 4.79. The van der Waals surface area contributed by atoms with E-state index in [0.29, 0.717) is 5.88 Å². The first kappa shape index (κ1) is 12.9. The maximum absolute atomic E-state index is 5.91. The van der Waals surface area contributed by atoms with E-state index in [1.165, 1.54) is 0 Å². The molecule has 0 bridgehead atoms. The summed E-state index contributed by atoms with van der Waals surface area (Å²) in [7, 11) is 0. The van der Waals surface area contributed by atoms with Gasteiger partial charge in [0, 0.05) is 22.7 Å². The van der Waals surface area contributed by atoms with Gasteiger partial charge in [0.15, 0.2) is 0 Å². The SMILES string of the molecule is CSc1ccccc1Oc1ncccc1[C@@H](C)N. The summed E-state index contributed by atoms with van der Waals surface area (Å²) in [6.07, 6.45) is 3.73. The number of pyridine rings is 1. The highest BCUT2D eigenvalue weighted by molar-refractivity contribution is 7.98. The number of hydrogen-bond donors (Lipinski definition) is 1. The fourth-order valence-corrected chi connectivity index (χ4v) is 2.17. The van der Waals surface area contributed by atoms with Crippen molar-refractivity contribution in [3.63, 3.8) is 0 Å². The molecule has 0 saturated heterocycles. The Hall–Kier alpha value is -1.52. The summed E-state index contributed by atoms with van der Waals surface area (Å²) >= 11 is 1.64. The lowest BCUT2D eigenvalue weighted by atomic mass is 10.1. The van der Waals surface area contributed by atoms with Gasteiger partial charge >= 0.3 is 0 Å². The Kier molecular flexibility index (Phi) is 4.23. The molecule has 1 aromatic heterocycles. The largest absolute Gasteiger partial charge is 0.438 e. The lowest BCUT2D eigenvalue weighted by molar-refractivity contribution is 0.442. The minimum atomic E-state index is -0.102. The molecule has 0 fully saturated rings. The van der Waals surface area contributed by atoms with Crippen LogP contribution in [0.2, 0.25) is 0 Å². The summed E-state index contributed by atoms with van der Waals surface area (Å²) in [6, 6.07) is 11.6. The molecule has 0 radical (unpaired) electrons. The number of nitrogens with zero attached hydrogens (tertiary/aromatic N) is 1. The van der Waals surface area contributed by atoms with Crippen molar-refractivity contribution >= 4 is 11.8 Å². The van der Waals surface area contributed by atoms with Crippen molar-refractivity contribution < 1.29 is 4.74 Å². The lowest BCUT2D eigenvalue weighted by Gasteiger charge is -2.13. The Morgan fingerprint density at radius 3 is 2.72 bits per heavy atom. The summed E-state index contributed by atoms with van der Waals surface area (Å²) in [6.45, 7) is 1.92. The number of nitrogens with two attached hydrogens (primary N) is 1. The molecular formula is C14H16N2OS. The fraction of sp³-hybridized carbons (Fsp3) is 0.214. The van der Waals surface area contributed by atoms with Crippen LogP contribution >= 0.6 is 11.8 Å². The van der Waals surface area contributed by atoms with Crippen molar-refractivity contribution in [3.8, 4) is 11.6 Å². The maximum Gasteiger partial charge on any atom is 0.224 e. The van der Waals surface area contributed by atoms with E-state index < -0.39 is 0 Å². The first-order valence-corrected chi connectivity index (χ1v) is 6.96. The van der Waals surface area contributed by atoms with Gasteiger partial charge < -0.3 is 10.5 Å². The van der Waals surface area contributed by atoms with Crippen LogP contribution in [-0.2, 0) is 0 Å². The van der Waals surface area contributed by atoms with Crippen LogP contribution in [-0.4, -0.2) is 11.2 Å². The van der Waals surface area contributed by atoms with Gasteiger partial charge in [-0.15, -0.1) is 11.8 Å². The number of para-hydroxylation sites is 1. The van der Waals surface area contributed by atoms with Gasteiger partial charge in [0.05, 0.1) is 0 Å². The van der Waals surface area contributed by atoms with E-state index in [0.717, 1.165) is 16.2 Å². The third-order valence-electron chi connectivity index (χ3n) is 2.57. The third kappa shape index (κ3) is 2.83. The van der Waals surface area contributed by atoms with E-state index in [1.807, 2.05) is 49.6 Å². The summed E-state index contributed by atoms with van der Waals surface area (Å²) in [4.78, 5) is 5.34. The molecule has 94 valence electrons. The van der Waals surface area contributed by atoms with Crippen molar-refractivity contribution in [3.05, 3.63) is 48.2 Å². The molecule has 2 rings (SSSR count). The highest BCUT2D eigenvalue weighted by atomic mass is 32.2. The normalized spacial score (nSPS) is 12.2. The van der Waals surface area contributed by atoms with Crippen LogP contribution in [0.15, 0.2) is 47.5 Å². The van der Waals surface area contributed by atoms with Gasteiger partial charge in [0.1, 0.15) is 5.75 Å². The molecule has 2 N–H and O–H groups in total. The number of aromatic nitrogens is 1. The Bertz CT molecular complexity index is 529. The fourth-order valence-electron chi connectivity index (χ4n) is 1.64. The Morgan fingerprint density at radius 1 is 1.22 bits per heavy atom. The van der Waals surface area contributed by atoms with Crippen molar-refractivity contribution in [2.24, 2.45) is 5.73 Å². The molecule has 0 saturated carbocycles. The summed E-state index contributed by atoms with van der Waals surface area (Å²) in [5.41, 5.74) is 6.82. The standard InChI is InChI=1S/C14H16N2OS/c1-10(15)11-6-5-9-16-14(11)17-12-7-3-4-8-13(12)18-2/h3-10H,15H2,1-2H3/t10-/m1/s1. The molecule has 1 aromatic carbocycles. The predicted octanol–water partition coefficient (Wildman–Crippen LogP) is 3.62. The van der Waals surface area contributed by atoms with E-state index >= 15 is 0 Å². The predicted molar refractivity (Wildman–Crippen MR) is 75.1 cm³/mol. The Labute approximate surface area is 111 Å². The molecule has 4 heteroatoms. The number of rotatable bonds is 4. The van der Waals surface area contributed by atoms with Gasteiger partial charge in [-0.1, -0.05) is 18.2 Å². The summed E-state index contributed by atoms with van der Waals surface area (Å²) < 4.78 is 5.88. The molecule has 0 aliphatic rings. The zero-order chi connectivity index (χ0) is 13.0. The first-order valence-electron chi connectivity index (χ1n) is 5.73. The smallest absolute Gasteiger partial charge is 0.224 e. The monoisotopic (exact) mass is 260 g/mol. The molecule has 18 heavy (non-hydrogen) atoms. The van der Waals surface area contributed by atoms with Gasteiger partial charge in [0.2, 0.25) is 5.88 Å². The van der Waals surface area contributed by atoms with E-state index in [1.54, 1.807) is 18.0 Å². The topological polar surface area (TPSA) is 48.1 Å². The average molecular weight is 260 g/mol. The number of ether oxygens (including phenoxy) is 1. The van der Waals surface area contributed by atoms with Crippen LogP contribution in [0.5, 0.6) is 11.6 Å². The van der Waals surface area contributed by atoms with Crippen LogP contribution in [0.4, 0.5) is 0 Å². The van der Waals surface area contributed by atoms with Crippen molar-refractivity contribution in [1.82, 2.24) is 4.98 Å². The quantitative estimate of drug-likeness (QED) is 0.853. The van der Waals surface area contributed by atoms with Crippen LogP contribution in [0.1, 0.15) is 18.5 Å². The van der Waals surface area contributed by atoms with Gasteiger partial charge in [-0.2, -0.15) is 0 Å². The number of thioether (sulfide) groups is 1. The van der Waals surface area contributed by atoms with Gasteiger partial charge in [-0.3, -0.25) is 0 Å². The molecule has 1 heterocycles. The van der Waals surface area contributed by atoms with Crippen molar-refractivity contribution in [2.75, 3.05) is 6.26 Å². The van der Waals surface area contributed by atoms with E-state index in [-0.39, 0.29) is 6.04 Å². The van der Waals surface area contributed by atoms with Gasteiger partial charge in [-0.25, -0.2) is 4.98 Å². The molecule has 0 aliphatic carbocycles. The minimum absolute atomic E-state index is 0.102. The van der Waals surface area contributed by atoms with E-state index in [4.69, 9.17) is 10.5 Å². The van der Waals surface area contributed by atoms with E-state index in [9.17, 15) is 0 Å². The van der Waals surface area contributed by atoms with Crippen LogP contribution < -0.4 is 10.5 Å². The molecule has 0 unspecified atom stereocenters. The summed E-state index contributed by atoms with van der Waals surface area (Å²) in [5.74, 6) is 1.39. The second kappa shape index (κ2) is 5.89. The van der Waals surface area contributed by atoms with Crippen molar-refractivity contribution in [2.45, 2.75) is 17.9 Å². The van der Waals surface area contributed by atoms with Gasteiger partial charge in [0.25, 0.3) is 0 Å². The molecular weight excluding hydrogens is 244 g/mol. The van der Waals surface area contributed by atoms with Crippen LogP contribution in [0.25, 0.3) is 0 Å². The Morgan fingerprint density at radius 2 is 2.00 bits per heavy atom. The summed E-state index contributed by atoms with van der Waals surface area (Å²) in [5, 5.41) is 0. The molecule has 0 aliphatic heterocycles. The average Bonchev–Trinajstić information content (AvgIpc) is 2.40. The number of hydrogen-bond acceptors (Lipinski definition) is 4. The highest BCUT2D eigenvalue weighted by Gasteiger charge is 2.11. The highest BCUT2D eigenvalue weighted by Crippen LogP contribution is 2.32. The van der Waals surface area contributed by atoms with Crippen LogP contribution in [0, 0.1) is 0 Å². The molecule has 3 nitrogen and oxygen atoms in total. The van der Waals surface area contributed by atoms with E-state index in [2.05, 4.69) is 4.98 Å².